The first-order valence-corrected chi connectivity index (χ1v) is 20.3. The quantitative estimate of drug-likeness (QED) is 0.0779. The average Bonchev–Trinajstić information content (AvgIpc) is 3.01. The largest absolute Gasteiger partial charge is 0.0883 e. The van der Waals surface area contributed by atoms with Gasteiger partial charge in [0.1, 0.15) is 0 Å². The van der Waals surface area contributed by atoms with E-state index in [2.05, 4.69) is 96.1 Å². The van der Waals surface area contributed by atoms with Crippen molar-refractivity contribution >= 4 is 45.6 Å². The maximum atomic E-state index is 2.67. The standard InChI is InChI=1S/C40H60Si/c1-7-13-17-31(10-4)28-41(29-32(11-5)18-14-8-2,30-33(12-6)19-15-9-3)38-27-25-36-23-22-34-20-16-21-35-24-26-37(38)40(36)39(34)35/h16,20-27,31-33H,7-15,17-19,28-30H2,1-6H3. The van der Waals surface area contributed by atoms with Gasteiger partial charge in [0.2, 0.25) is 0 Å². The molecule has 1 heteroatoms. The molecule has 4 aromatic rings. The molecule has 0 spiro atoms. The third kappa shape index (κ3) is 7.38. The highest BCUT2D eigenvalue weighted by Crippen LogP contribution is 2.42. The maximum absolute atomic E-state index is 2.67. The van der Waals surface area contributed by atoms with Crippen LogP contribution in [0.1, 0.15) is 119 Å². The van der Waals surface area contributed by atoms with Gasteiger partial charge in [-0.05, 0) is 50.1 Å². The molecule has 0 saturated carbocycles. The van der Waals surface area contributed by atoms with E-state index in [4.69, 9.17) is 0 Å². The van der Waals surface area contributed by atoms with Crippen LogP contribution in [0.25, 0.3) is 32.3 Å². The van der Waals surface area contributed by atoms with Crippen LogP contribution in [0.5, 0.6) is 0 Å². The summed E-state index contributed by atoms with van der Waals surface area (Å²) in [6.45, 7) is 14.6. The molecule has 3 atom stereocenters. The molecule has 0 aliphatic carbocycles. The molecule has 41 heavy (non-hydrogen) atoms. The van der Waals surface area contributed by atoms with Crippen LogP contribution in [0, 0.1) is 17.8 Å². The second-order valence-electron chi connectivity index (χ2n) is 13.6. The van der Waals surface area contributed by atoms with Crippen molar-refractivity contribution in [3.8, 4) is 0 Å². The van der Waals surface area contributed by atoms with Gasteiger partial charge in [-0.15, -0.1) is 0 Å². The van der Waals surface area contributed by atoms with Gasteiger partial charge in [-0.2, -0.15) is 0 Å². The Balaban J connectivity index is 1.96. The van der Waals surface area contributed by atoms with Gasteiger partial charge < -0.3 is 0 Å². The lowest BCUT2D eigenvalue weighted by Gasteiger charge is -2.41. The van der Waals surface area contributed by atoms with E-state index in [0.717, 1.165) is 17.8 Å². The molecule has 0 fully saturated rings. The fraction of sp³-hybridized carbons (Fsp3) is 0.600. The first kappa shape index (κ1) is 32.1. The molecule has 4 aromatic carbocycles. The van der Waals surface area contributed by atoms with E-state index in [-0.39, 0.29) is 0 Å². The molecule has 0 amide bonds. The number of hydrogen-bond acceptors (Lipinski definition) is 0. The average molecular weight is 569 g/mol. The van der Waals surface area contributed by atoms with Crippen molar-refractivity contribution in [2.24, 2.45) is 17.8 Å². The van der Waals surface area contributed by atoms with Gasteiger partial charge in [0.15, 0.2) is 0 Å². The van der Waals surface area contributed by atoms with E-state index in [1.165, 1.54) is 117 Å². The lowest BCUT2D eigenvalue weighted by atomic mass is 9.94. The zero-order chi connectivity index (χ0) is 29.2. The van der Waals surface area contributed by atoms with E-state index in [0.29, 0.717) is 0 Å². The van der Waals surface area contributed by atoms with Crippen molar-refractivity contribution in [1.29, 1.82) is 0 Å². The van der Waals surface area contributed by atoms with Gasteiger partial charge in [-0.1, -0.05) is 197 Å². The summed E-state index contributed by atoms with van der Waals surface area (Å²) in [6.07, 6.45) is 16.4. The van der Waals surface area contributed by atoms with Gasteiger partial charge >= 0.3 is 0 Å². The zero-order valence-corrected chi connectivity index (χ0v) is 28.5. The Morgan fingerprint density at radius 1 is 0.488 bits per heavy atom. The number of rotatable bonds is 19. The SMILES string of the molecule is CCCCC(CC)C[Si](CC(CC)CCCC)(CC(CC)CCCC)c1ccc2ccc3cccc4ccc1c2c34. The first-order valence-electron chi connectivity index (χ1n) is 17.7. The summed E-state index contributed by atoms with van der Waals surface area (Å²) in [5.41, 5.74) is 0. The predicted molar refractivity (Wildman–Crippen MR) is 190 cm³/mol. The summed E-state index contributed by atoms with van der Waals surface area (Å²) >= 11 is 0. The molecule has 0 aliphatic rings. The summed E-state index contributed by atoms with van der Waals surface area (Å²) in [5, 5.41) is 10.7. The van der Waals surface area contributed by atoms with Gasteiger partial charge in [-0.25, -0.2) is 0 Å². The van der Waals surface area contributed by atoms with Gasteiger partial charge in [0.25, 0.3) is 0 Å². The number of unbranched alkanes of at least 4 members (excludes halogenated alkanes) is 3. The summed E-state index contributed by atoms with van der Waals surface area (Å²) in [4.78, 5) is 0. The van der Waals surface area contributed by atoms with E-state index >= 15 is 0 Å². The second-order valence-corrected chi connectivity index (χ2v) is 17.9. The molecule has 0 saturated heterocycles. The minimum Gasteiger partial charge on any atom is -0.0654 e. The Kier molecular flexibility index (Phi) is 12.2. The van der Waals surface area contributed by atoms with Crippen molar-refractivity contribution < 1.29 is 0 Å². The van der Waals surface area contributed by atoms with Gasteiger partial charge in [0, 0.05) is 0 Å². The Bertz CT molecular complexity index is 1260. The van der Waals surface area contributed by atoms with Crippen molar-refractivity contribution in [3.63, 3.8) is 0 Å². The topological polar surface area (TPSA) is 0 Å². The predicted octanol–water partition coefficient (Wildman–Crippen LogP) is 12.9. The highest BCUT2D eigenvalue weighted by atomic mass is 28.3. The van der Waals surface area contributed by atoms with Crippen LogP contribution in [-0.4, -0.2) is 8.07 Å². The zero-order valence-electron chi connectivity index (χ0n) is 27.5. The van der Waals surface area contributed by atoms with Crippen molar-refractivity contribution in [3.05, 3.63) is 54.6 Å². The summed E-state index contributed by atoms with van der Waals surface area (Å²) in [6, 6.07) is 26.3. The lowest BCUT2D eigenvalue weighted by Crippen LogP contribution is -2.52. The molecular weight excluding hydrogens is 509 g/mol. The molecular formula is C40H60Si. The Morgan fingerprint density at radius 2 is 0.902 bits per heavy atom. The normalized spacial score (nSPS) is 16.0. The molecule has 0 N–H and O–H groups in total. The van der Waals surface area contributed by atoms with Gasteiger partial charge in [-0.3, -0.25) is 0 Å². The van der Waals surface area contributed by atoms with E-state index < -0.39 is 8.07 Å². The van der Waals surface area contributed by atoms with E-state index in [1.54, 1.807) is 10.8 Å². The molecule has 0 nitrogen and oxygen atoms in total. The number of hydrogen-bond donors (Lipinski definition) is 0. The Hall–Kier alpha value is -1.86. The molecule has 0 radical (unpaired) electrons. The summed E-state index contributed by atoms with van der Waals surface area (Å²) < 4.78 is 0. The van der Waals surface area contributed by atoms with Crippen molar-refractivity contribution in [2.45, 2.75) is 137 Å². The maximum Gasteiger partial charge on any atom is 0.0883 e. The molecule has 4 rings (SSSR count). The van der Waals surface area contributed by atoms with E-state index in [9.17, 15) is 0 Å². The minimum absolute atomic E-state index is 0.868. The summed E-state index contributed by atoms with van der Waals surface area (Å²) in [7, 11) is -1.87. The van der Waals surface area contributed by atoms with Crippen LogP contribution < -0.4 is 5.19 Å². The number of benzene rings is 4. The Morgan fingerprint density at radius 3 is 1.34 bits per heavy atom. The smallest absolute Gasteiger partial charge is 0.0654 e. The molecule has 3 unspecified atom stereocenters. The molecule has 0 bridgehead atoms. The van der Waals surface area contributed by atoms with Gasteiger partial charge in [0.05, 0.1) is 8.07 Å². The van der Waals surface area contributed by atoms with E-state index in [1.807, 2.05) is 5.19 Å². The fourth-order valence-electron chi connectivity index (χ4n) is 8.27. The molecule has 224 valence electrons. The minimum atomic E-state index is -1.87. The fourth-order valence-corrected chi connectivity index (χ4v) is 15.4. The van der Waals surface area contributed by atoms with Crippen LogP contribution in [0.3, 0.4) is 0 Å². The summed E-state index contributed by atoms with van der Waals surface area (Å²) in [5.74, 6) is 2.60. The van der Waals surface area contributed by atoms with Crippen LogP contribution in [-0.2, 0) is 0 Å². The Labute approximate surface area is 254 Å². The first-order chi connectivity index (χ1) is 20.0. The second kappa shape index (κ2) is 15.6. The third-order valence-corrected chi connectivity index (χ3v) is 16.4. The van der Waals surface area contributed by atoms with Crippen molar-refractivity contribution in [2.75, 3.05) is 0 Å². The highest BCUT2D eigenvalue weighted by Gasteiger charge is 2.41. The highest BCUT2D eigenvalue weighted by molar-refractivity contribution is 6.93. The van der Waals surface area contributed by atoms with Crippen LogP contribution in [0.15, 0.2) is 54.6 Å². The molecule has 0 aromatic heterocycles. The van der Waals surface area contributed by atoms with Crippen LogP contribution in [0.4, 0.5) is 0 Å². The van der Waals surface area contributed by atoms with Crippen LogP contribution in [0.2, 0.25) is 18.1 Å². The van der Waals surface area contributed by atoms with Crippen LogP contribution >= 0.6 is 0 Å². The third-order valence-electron chi connectivity index (χ3n) is 10.8. The monoisotopic (exact) mass is 568 g/mol. The molecule has 0 aliphatic heterocycles. The lowest BCUT2D eigenvalue weighted by molar-refractivity contribution is 0.448. The van der Waals surface area contributed by atoms with Crippen molar-refractivity contribution in [1.82, 2.24) is 0 Å². The molecule has 0 heterocycles.